The van der Waals surface area contributed by atoms with E-state index in [2.05, 4.69) is 26.8 Å². The van der Waals surface area contributed by atoms with Gasteiger partial charge < -0.3 is 33.4 Å². The van der Waals surface area contributed by atoms with Crippen molar-refractivity contribution >= 4 is 43.8 Å². The second-order valence-corrected chi connectivity index (χ2v) is 22.4. The predicted octanol–water partition coefficient (Wildman–Crippen LogP) is 7.17. The molecule has 2 fully saturated rings. The van der Waals surface area contributed by atoms with Gasteiger partial charge in [0.2, 0.25) is 5.60 Å². The molecule has 1 aliphatic heterocycles. The molecule has 2 aromatic heterocycles. The van der Waals surface area contributed by atoms with Gasteiger partial charge in [-0.05, 0) is 83.1 Å². The molecule has 0 unspecified atom stereocenters. The lowest BCUT2D eigenvalue weighted by atomic mass is 9.86. The Morgan fingerprint density at radius 2 is 1.72 bits per heavy atom. The molecule has 57 heavy (non-hydrogen) atoms. The minimum atomic E-state index is -2.61. The molecule has 2 aliphatic rings. The number of rotatable bonds is 14. The first-order valence-corrected chi connectivity index (χ1v) is 23.5. The van der Waals surface area contributed by atoms with Crippen molar-refractivity contribution in [3.8, 4) is 6.07 Å². The lowest BCUT2D eigenvalue weighted by Gasteiger charge is -2.35. The number of amides is 2. The number of esters is 2. The van der Waals surface area contributed by atoms with Crippen molar-refractivity contribution in [1.29, 1.82) is 5.26 Å². The maximum Gasteiger partial charge on any atom is 0.412 e. The highest BCUT2D eigenvalue weighted by Gasteiger charge is 2.62. The van der Waals surface area contributed by atoms with Gasteiger partial charge in [0.1, 0.15) is 48.4 Å². The van der Waals surface area contributed by atoms with Crippen molar-refractivity contribution < 1.29 is 47.3 Å². The highest BCUT2D eigenvalue weighted by Crippen LogP contribution is 2.45. The van der Waals surface area contributed by atoms with E-state index in [-0.39, 0.29) is 37.1 Å². The third-order valence-corrected chi connectivity index (χ3v) is 10.6. The topological polar surface area (TPSA) is 202 Å². The molecule has 2 amide bonds. The minimum Gasteiger partial charge on any atom is -0.463 e. The molecule has 3 heterocycles. The van der Waals surface area contributed by atoms with E-state index in [1.807, 2.05) is 26.6 Å². The van der Waals surface area contributed by atoms with Gasteiger partial charge in [0, 0.05) is 6.42 Å². The molecule has 5 atom stereocenters. The summed E-state index contributed by atoms with van der Waals surface area (Å²) in [5, 5.41) is 20.9. The van der Waals surface area contributed by atoms with Crippen molar-refractivity contribution in [3.05, 3.63) is 24.2 Å². The van der Waals surface area contributed by atoms with Crippen LogP contribution in [0.15, 0.2) is 18.5 Å². The number of aromatic nitrogens is 3. The van der Waals surface area contributed by atoms with Gasteiger partial charge in [0.05, 0.1) is 12.3 Å². The summed E-state index contributed by atoms with van der Waals surface area (Å²) < 4.78 is 37.7. The van der Waals surface area contributed by atoms with Crippen LogP contribution in [-0.4, -0.2) is 90.2 Å². The fraction of sp³-hybridized carbons (Fsp3) is 0.725. The summed E-state index contributed by atoms with van der Waals surface area (Å²) in [4.78, 5) is 57.5. The fourth-order valence-corrected chi connectivity index (χ4v) is 8.06. The standard InChI is InChI=1S/C40H62N6O10Si/c1-11-12-21-51-36(49)45-34-27-19-20-29(46(27)43-25-42-34)40(24-41)33(56-57(8,9)10)31(28(54-40)23-52-30(47)22-26-17-15-13-14-16-18-26)53-35(48)32(38(2,3)4)44-37(50)55-39(5,6)7/h19-20,25-26,28,31-33H,11-18,21-23H2,1-10H3,(H,44,50)(H,42,43,45,49)/t28-,31-,32-,33-,40+/m1/s1. The van der Waals surface area contributed by atoms with Crippen LogP contribution in [0.1, 0.15) is 112 Å². The first-order valence-electron chi connectivity index (χ1n) is 20.1. The molecule has 1 saturated carbocycles. The van der Waals surface area contributed by atoms with E-state index in [0.717, 1.165) is 44.9 Å². The number of nitrogens with zero attached hydrogens (tertiary/aromatic N) is 4. The average Bonchev–Trinajstić information content (AvgIpc) is 3.54. The van der Waals surface area contributed by atoms with Crippen LogP contribution in [0.3, 0.4) is 0 Å². The third-order valence-electron chi connectivity index (χ3n) is 9.69. The molecule has 2 aromatic rings. The van der Waals surface area contributed by atoms with Gasteiger partial charge >= 0.3 is 24.1 Å². The lowest BCUT2D eigenvalue weighted by molar-refractivity contribution is -0.164. The Hall–Kier alpha value is -4.27. The first kappa shape index (κ1) is 45.4. The van der Waals surface area contributed by atoms with Crippen molar-refractivity contribution in [1.82, 2.24) is 19.9 Å². The molecular weight excluding hydrogens is 753 g/mol. The molecule has 0 spiro atoms. The predicted molar refractivity (Wildman–Crippen MR) is 213 cm³/mol. The molecular formula is C40H62N6O10Si. The SMILES string of the molecule is CCCCOC(=O)Nc1ncnn2c([C@]3(C#N)O[C@H](COC(=O)CC4CCCCCC4)[C@@H](OC(=O)[C@@H](NC(=O)OC(C)(C)C)C(C)(C)C)[C@H]3O[Si](C)(C)C)ccc12. The number of unbranched alkanes of at least 4 members (excludes halogenated alkanes) is 1. The van der Waals surface area contributed by atoms with Crippen LogP contribution in [0.2, 0.25) is 19.6 Å². The number of alkyl carbamates (subject to hydrolysis) is 1. The summed E-state index contributed by atoms with van der Waals surface area (Å²) in [6, 6.07) is 4.32. The Kier molecular flexibility index (Phi) is 15.1. The second kappa shape index (κ2) is 19.0. The van der Waals surface area contributed by atoms with E-state index >= 15 is 0 Å². The van der Waals surface area contributed by atoms with Crippen LogP contribution in [0.4, 0.5) is 15.4 Å². The molecule has 0 bridgehead atoms. The molecule has 17 heteroatoms. The Bertz CT molecular complexity index is 1750. The zero-order valence-electron chi connectivity index (χ0n) is 35.3. The highest BCUT2D eigenvalue weighted by molar-refractivity contribution is 6.69. The number of carbonyl (C=O) groups is 4. The molecule has 0 aromatic carbocycles. The molecule has 16 nitrogen and oxygen atoms in total. The van der Waals surface area contributed by atoms with Gasteiger partial charge in [-0.3, -0.25) is 10.1 Å². The van der Waals surface area contributed by atoms with E-state index in [0.29, 0.717) is 11.9 Å². The number of anilines is 1. The van der Waals surface area contributed by atoms with Gasteiger partial charge in [-0.1, -0.05) is 59.8 Å². The Balaban J connectivity index is 1.77. The largest absolute Gasteiger partial charge is 0.463 e. The average molecular weight is 815 g/mol. The zero-order valence-corrected chi connectivity index (χ0v) is 36.3. The van der Waals surface area contributed by atoms with Crippen molar-refractivity contribution in [2.24, 2.45) is 11.3 Å². The van der Waals surface area contributed by atoms with E-state index < -0.39 is 73.4 Å². The number of carbonyl (C=O) groups excluding carboxylic acids is 4. The van der Waals surface area contributed by atoms with Gasteiger partial charge in [-0.25, -0.2) is 23.9 Å². The van der Waals surface area contributed by atoms with E-state index in [9.17, 15) is 24.4 Å². The number of fused-ring (bicyclic) bond motifs is 1. The Morgan fingerprint density at radius 1 is 1.04 bits per heavy atom. The molecule has 1 aliphatic carbocycles. The maximum absolute atomic E-state index is 14.3. The van der Waals surface area contributed by atoms with Gasteiger partial charge in [0.15, 0.2) is 20.2 Å². The number of hydrogen-bond acceptors (Lipinski definition) is 13. The van der Waals surface area contributed by atoms with E-state index in [1.165, 1.54) is 10.8 Å². The van der Waals surface area contributed by atoms with Crippen LogP contribution < -0.4 is 10.6 Å². The Morgan fingerprint density at radius 3 is 2.32 bits per heavy atom. The maximum atomic E-state index is 14.3. The van der Waals surface area contributed by atoms with Gasteiger partial charge in [-0.2, -0.15) is 10.4 Å². The smallest absolute Gasteiger partial charge is 0.412 e. The quantitative estimate of drug-likeness (QED) is 0.0640. The van der Waals surface area contributed by atoms with Crippen LogP contribution in [0.5, 0.6) is 0 Å². The zero-order chi connectivity index (χ0) is 42.2. The van der Waals surface area contributed by atoms with Gasteiger partial charge in [0.25, 0.3) is 0 Å². The second-order valence-electron chi connectivity index (χ2n) is 18.0. The number of nitriles is 1. The first-order chi connectivity index (χ1) is 26.7. The lowest BCUT2D eigenvalue weighted by Crippen LogP contribution is -2.55. The normalized spacial score (nSPS) is 22.5. The van der Waals surface area contributed by atoms with Crippen LogP contribution in [-0.2, 0) is 43.3 Å². The molecule has 316 valence electrons. The van der Waals surface area contributed by atoms with Crippen LogP contribution in [0, 0.1) is 22.7 Å². The minimum absolute atomic E-state index is 0.125. The number of ether oxygens (including phenoxy) is 5. The van der Waals surface area contributed by atoms with E-state index in [1.54, 1.807) is 53.7 Å². The summed E-state index contributed by atoms with van der Waals surface area (Å²) >= 11 is 0. The van der Waals surface area contributed by atoms with Crippen molar-refractivity contribution in [2.45, 2.75) is 161 Å². The molecule has 2 N–H and O–H groups in total. The monoisotopic (exact) mass is 814 g/mol. The summed E-state index contributed by atoms with van der Waals surface area (Å²) in [6.07, 6.45) is 3.98. The van der Waals surface area contributed by atoms with Crippen molar-refractivity contribution in [2.75, 3.05) is 18.5 Å². The molecule has 1 saturated heterocycles. The number of nitrogens with one attached hydrogen (secondary N) is 2. The Labute approximate surface area is 337 Å². The summed E-state index contributed by atoms with van der Waals surface area (Å²) in [6.45, 7) is 18.0. The van der Waals surface area contributed by atoms with Gasteiger partial charge in [-0.15, -0.1) is 0 Å². The molecule has 0 radical (unpaired) electrons. The van der Waals surface area contributed by atoms with E-state index in [4.69, 9.17) is 28.1 Å². The third kappa shape index (κ3) is 12.4. The van der Waals surface area contributed by atoms with Crippen LogP contribution >= 0.6 is 0 Å². The highest BCUT2D eigenvalue weighted by atomic mass is 28.4. The summed E-state index contributed by atoms with van der Waals surface area (Å²) in [5.41, 5.74) is -3.16. The fourth-order valence-electron chi connectivity index (χ4n) is 7.00. The summed E-state index contributed by atoms with van der Waals surface area (Å²) in [7, 11) is -2.61. The van der Waals surface area contributed by atoms with Crippen molar-refractivity contribution in [3.63, 3.8) is 0 Å². The van der Waals surface area contributed by atoms with Crippen LogP contribution in [0.25, 0.3) is 5.52 Å². The molecule has 4 rings (SSSR count). The number of hydrogen-bond donors (Lipinski definition) is 2. The summed E-state index contributed by atoms with van der Waals surface area (Å²) in [5.74, 6) is -0.927.